The molecule has 64 valence electrons. The second-order valence-corrected chi connectivity index (χ2v) is 3.34. The summed E-state index contributed by atoms with van der Waals surface area (Å²) in [6.07, 6.45) is 1.73. The van der Waals surface area contributed by atoms with Crippen LogP contribution in [0.4, 0.5) is 0 Å². The van der Waals surface area contributed by atoms with Crippen molar-refractivity contribution in [2.75, 3.05) is 0 Å². The maximum Gasteiger partial charge on any atom is 0.142 e. The lowest BCUT2D eigenvalue weighted by atomic mass is 10.2. The molecule has 0 amide bonds. The standard InChI is InChI=1S/C9H13N3/c1-7(2)5-12-6-11-8(3)9(12)4-10/h6-7H,5H2,1-3H3. The molecular formula is C9H13N3. The quantitative estimate of drug-likeness (QED) is 0.666. The van der Waals surface area contributed by atoms with E-state index in [0.29, 0.717) is 11.6 Å². The molecule has 1 aromatic rings. The Balaban J connectivity index is 2.94. The van der Waals surface area contributed by atoms with Crippen molar-refractivity contribution in [3.05, 3.63) is 17.7 Å². The molecule has 3 nitrogen and oxygen atoms in total. The Morgan fingerprint density at radius 3 is 2.83 bits per heavy atom. The van der Waals surface area contributed by atoms with Gasteiger partial charge in [-0.25, -0.2) is 4.98 Å². The first-order valence-electron chi connectivity index (χ1n) is 4.07. The molecule has 0 aliphatic heterocycles. The molecule has 0 atom stereocenters. The van der Waals surface area contributed by atoms with Crippen molar-refractivity contribution in [1.29, 1.82) is 5.26 Å². The van der Waals surface area contributed by atoms with E-state index in [4.69, 9.17) is 5.26 Å². The maximum absolute atomic E-state index is 8.79. The van der Waals surface area contributed by atoms with E-state index in [2.05, 4.69) is 24.9 Å². The molecule has 3 heteroatoms. The molecular weight excluding hydrogens is 150 g/mol. The molecule has 0 aliphatic carbocycles. The Hall–Kier alpha value is -1.30. The van der Waals surface area contributed by atoms with Gasteiger partial charge in [0, 0.05) is 6.54 Å². The van der Waals surface area contributed by atoms with E-state index in [9.17, 15) is 0 Å². The summed E-state index contributed by atoms with van der Waals surface area (Å²) in [5, 5.41) is 8.79. The average Bonchev–Trinajstić information content (AvgIpc) is 2.30. The third kappa shape index (κ3) is 1.65. The second-order valence-electron chi connectivity index (χ2n) is 3.34. The van der Waals surface area contributed by atoms with Crippen LogP contribution in [0.3, 0.4) is 0 Å². The average molecular weight is 163 g/mol. The second kappa shape index (κ2) is 3.40. The smallest absolute Gasteiger partial charge is 0.142 e. The van der Waals surface area contributed by atoms with E-state index in [1.807, 2.05) is 11.5 Å². The molecule has 0 saturated heterocycles. The number of nitriles is 1. The number of hydrogen-bond acceptors (Lipinski definition) is 2. The molecule has 0 N–H and O–H groups in total. The number of nitrogens with zero attached hydrogens (tertiary/aromatic N) is 3. The monoisotopic (exact) mass is 163 g/mol. The summed E-state index contributed by atoms with van der Waals surface area (Å²) in [6.45, 7) is 6.96. The fourth-order valence-corrected chi connectivity index (χ4v) is 1.16. The van der Waals surface area contributed by atoms with Crippen LogP contribution in [0.15, 0.2) is 6.33 Å². The van der Waals surface area contributed by atoms with Gasteiger partial charge in [0.05, 0.1) is 12.0 Å². The number of rotatable bonds is 2. The zero-order chi connectivity index (χ0) is 9.14. The van der Waals surface area contributed by atoms with Gasteiger partial charge in [-0.1, -0.05) is 13.8 Å². The summed E-state index contributed by atoms with van der Waals surface area (Å²) in [5.41, 5.74) is 1.50. The summed E-state index contributed by atoms with van der Waals surface area (Å²) in [7, 11) is 0. The van der Waals surface area contributed by atoms with E-state index in [-0.39, 0.29) is 0 Å². The molecule has 0 radical (unpaired) electrons. The number of aromatic nitrogens is 2. The minimum atomic E-state index is 0.547. The van der Waals surface area contributed by atoms with Crippen molar-refractivity contribution >= 4 is 0 Å². The first-order chi connectivity index (χ1) is 5.65. The fourth-order valence-electron chi connectivity index (χ4n) is 1.16. The van der Waals surface area contributed by atoms with Crippen LogP contribution in [-0.2, 0) is 6.54 Å². The Bertz CT molecular complexity index is 304. The maximum atomic E-state index is 8.79. The Kier molecular flexibility index (Phi) is 2.49. The van der Waals surface area contributed by atoms with Gasteiger partial charge in [-0.15, -0.1) is 0 Å². The van der Waals surface area contributed by atoms with Crippen LogP contribution < -0.4 is 0 Å². The molecule has 0 unspecified atom stereocenters. The first kappa shape index (κ1) is 8.79. The van der Waals surface area contributed by atoms with Crippen molar-refractivity contribution in [2.45, 2.75) is 27.3 Å². The lowest BCUT2D eigenvalue weighted by molar-refractivity contribution is 0.519. The van der Waals surface area contributed by atoms with Crippen molar-refractivity contribution in [3.63, 3.8) is 0 Å². The molecule has 12 heavy (non-hydrogen) atoms. The van der Waals surface area contributed by atoms with Crippen molar-refractivity contribution < 1.29 is 0 Å². The van der Waals surface area contributed by atoms with E-state index in [0.717, 1.165) is 12.2 Å². The predicted octanol–water partition coefficient (Wildman–Crippen LogP) is 1.72. The van der Waals surface area contributed by atoms with Crippen LogP contribution in [0.25, 0.3) is 0 Å². The predicted molar refractivity (Wildman–Crippen MR) is 46.5 cm³/mol. The SMILES string of the molecule is Cc1ncn(CC(C)C)c1C#N. The van der Waals surface area contributed by atoms with E-state index in [1.165, 1.54) is 0 Å². The van der Waals surface area contributed by atoms with Gasteiger partial charge in [-0.05, 0) is 12.8 Å². The molecule has 0 fully saturated rings. The van der Waals surface area contributed by atoms with Crippen LogP contribution in [0.2, 0.25) is 0 Å². The normalized spacial score (nSPS) is 10.2. The van der Waals surface area contributed by atoms with Crippen LogP contribution in [0.5, 0.6) is 0 Å². The highest BCUT2D eigenvalue weighted by Crippen LogP contribution is 2.07. The summed E-state index contributed by atoms with van der Waals surface area (Å²) in [5.74, 6) is 0.547. The lowest BCUT2D eigenvalue weighted by Gasteiger charge is -2.05. The van der Waals surface area contributed by atoms with Gasteiger partial charge in [-0.2, -0.15) is 5.26 Å². The fraction of sp³-hybridized carbons (Fsp3) is 0.556. The topological polar surface area (TPSA) is 41.6 Å². The Labute approximate surface area is 72.7 Å². The van der Waals surface area contributed by atoms with E-state index >= 15 is 0 Å². The Morgan fingerprint density at radius 1 is 1.67 bits per heavy atom. The largest absolute Gasteiger partial charge is 0.322 e. The molecule has 0 aromatic carbocycles. The van der Waals surface area contributed by atoms with Crippen LogP contribution in [0, 0.1) is 24.2 Å². The van der Waals surface area contributed by atoms with Gasteiger partial charge in [0.2, 0.25) is 0 Å². The number of aryl methyl sites for hydroxylation is 1. The highest BCUT2D eigenvalue weighted by molar-refractivity contribution is 5.25. The van der Waals surface area contributed by atoms with Crippen LogP contribution in [0.1, 0.15) is 25.2 Å². The Morgan fingerprint density at radius 2 is 2.33 bits per heavy atom. The summed E-state index contributed by atoms with van der Waals surface area (Å²) in [4.78, 5) is 4.08. The minimum absolute atomic E-state index is 0.547. The molecule has 1 rings (SSSR count). The minimum Gasteiger partial charge on any atom is -0.322 e. The van der Waals surface area contributed by atoms with Crippen LogP contribution >= 0.6 is 0 Å². The van der Waals surface area contributed by atoms with Gasteiger partial charge in [0.1, 0.15) is 11.8 Å². The van der Waals surface area contributed by atoms with Crippen molar-refractivity contribution in [2.24, 2.45) is 5.92 Å². The van der Waals surface area contributed by atoms with Gasteiger partial charge < -0.3 is 4.57 Å². The number of hydrogen-bond donors (Lipinski definition) is 0. The first-order valence-corrected chi connectivity index (χ1v) is 4.07. The van der Waals surface area contributed by atoms with E-state index < -0.39 is 0 Å². The van der Waals surface area contributed by atoms with Gasteiger partial charge in [0.15, 0.2) is 0 Å². The van der Waals surface area contributed by atoms with Crippen molar-refractivity contribution in [1.82, 2.24) is 9.55 Å². The third-order valence-corrected chi connectivity index (χ3v) is 1.69. The highest BCUT2D eigenvalue weighted by Gasteiger charge is 2.06. The molecule has 0 bridgehead atoms. The number of imidazole rings is 1. The third-order valence-electron chi connectivity index (χ3n) is 1.69. The van der Waals surface area contributed by atoms with Crippen LogP contribution in [-0.4, -0.2) is 9.55 Å². The highest BCUT2D eigenvalue weighted by atomic mass is 15.1. The van der Waals surface area contributed by atoms with Gasteiger partial charge in [0.25, 0.3) is 0 Å². The summed E-state index contributed by atoms with van der Waals surface area (Å²) >= 11 is 0. The molecule has 1 aromatic heterocycles. The zero-order valence-electron chi connectivity index (χ0n) is 7.70. The lowest BCUT2D eigenvalue weighted by Crippen LogP contribution is -2.05. The zero-order valence-corrected chi connectivity index (χ0v) is 7.70. The summed E-state index contributed by atoms with van der Waals surface area (Å²) < 4.78 is 1.90. The molecule has 1 heterocycles. The summed E-state index contributed by atoms with van der Waals surface area (Å²) in [6, 6.07) is 2.15. The van der Waals surface area contributed by atoms with Gasteiger partial charge in [-0.3, -0.25) is 0 Å². The van der Waals surface area contributed by atoms with Crippen molar-refractivity contribution in [3.8, 4) is 6.07 Å². The molecule has 0 saturated carbocycles. The molecule has 0 spiro atoms. The van der Waals surface area contributed by atoms with Gasteiger partial charge >= 0.3 is 0 Å². The van der Waals surface area contributed by atoms with E-state index in [1.54, 1.807) is 6.33 Å². The molecule has 0 aliphatic rings.